The van der Waals surface area contributed by atoms with Crippen LogP contribution in [-0.4, -0.2) is 25.6 Å². The van der Waals surface area contributed by atoms with Crippen LogP contribution in [0.4, 0.5) is 17.1 Å². The zero-order valence-corrected chi connectivity index (χ0v) is 16.3. The summed E-state index contributed by atoms with van der Waals surface area (Å²) in [5.74, 6) is 0.0242. The highest BCUT2D eigenvalue weighted by molar-refractivity contribution is 5.92. The van der Waals surface area contributed by atoms with Gasteiger partial charge in [-0.2, -0.15) is 0 Å². The number of carbonyl (C=O) groups excluding carboxylic acids is 2. The van der Waals surface area contributed by atoms with E-state index in [0.29, 0.717) is 17.0 Å². The fourth-order valence-electron chi connectivity index (χ4n) is 2.63. The number of hydrogen-bond acceptors (Lipinski definition) is 5. The molecule has 6 nitrogen and oxygen atoms in total. The monoisotopic (exact) mass is 390 g/mol. The lowest BCUT2D eigenvalue weighted by Crippen LogP contribution is -2.20. The largest absolute Gasteiger partial charge is 0.484 e. The number of carbonyl (C=O) groups is 2. The lowest BCUT2D eigenvalue weighted by Gasteiger charge is -2.10. The highest BCUT2D eigenvalue weighted by Crippen LogP contribution is 2.20. The van der Waals surface area contributed by atoms with Crippen molar-refractivity contribution < 1.29 is 19.1 Å². The van der Waals surface area contributed by atoms with Gasteiger partial charge in [0.05, 0.1) is 12.7 Å². The van der Waals surface area contributed by atoms with Gasteiger partial charge < -0.3 is 20.1 Å². The molecular weight excluding hydrogens is 368 g/mol. The number of hydrogen-bond donors (Lipinski definition) is 2. The van der Waals surface area contributed by atoms with Crippen LogP contribution in [0.25, 0.3) is 0 Å². The molecular formula is C23H22N2O4. The van der Waals surface area contributed by atoms with Crippen molar-refractivity contribution in [3.8, 4) is 5.75 Å². The van der Waals surface area contributed by atoms with Crippen molar-refractivity contribution in [1.82, 2.24) is 0 Å². The lowest BCUT2D eigenvalue weighted by molar-refractivity contribution is -0.118. The average molecular weight is 390 g/mol. The van der Waals surface area contributed by atoms with Gasteiger partial charge in [0.2, 0.25) is 0 Å². The van der Waals surface area contributed by atoms with Crippen molar-refractivity contribution in [2.75, 3.05) is 24.4 Å². The molecule has 1 amide bonds. The first-order valence-electron chi connectivity index (χ1n) is 9.08. The number of methoxy groups -OCH3 is 1. The Morgan fingerprint density at radius 1 is 0.862 bits per heavy atom. The van der Waals surface area contributed by atoms with E-state index in [1.165, 1.54) is 7.11 Å². The fourth-order valence-corrected chi connectivity index (χ4v) is 2.63. The Morgan fingerprint density at radius 2 is 1.55 bits per heavy atom. The molecule has 0 aliphatic rings. The smallest absolute Gasteiger partial charge is 0.337 e. The molecule has 0 aliphatic carbocycles. The third kappa shape index (κ3) is 5.84. The highest BCUT2D eigenvalue weighted by atomic mass is 16.5. The van der Waals surface area contributed by atoms with Gasteiger partial charge in [-0.15, -0.1) is 0 Å². The van der Waals surface area contributed by atoms with Gasteiger partial charge in [0.15, 0.2) is 6.61 Å². The fraction of sp³-hybridized carbons (Fsp3) is 0.130. The Kier molecular flexibility index (Phi) is 6.47. The SMILES string of the molecule is COC(=O)c1cccc(Nc2ccc(NC(=O)COc3ccc(C)cc3)cc2)c1. The predicted molar refractivity (Wildman–Crippen MR) is 113 cm³/mol. The van der Waals surface area contributed by atoms with Gasteiger partial charge >= 0.3 is 5.97 Å². The second kappa shape index (κ2) is 9.41. The Hall–Kier alpha value is -3.80. The summed E-state index contributed by atoms with van der Waals surface area (Å²) in [6.07, 6.45) is 0. The molecule has 3 aromatic rings. The standard InChI is InChI=1S/C23H22N2O4/c1-16-6-12-21(13-7-16)29-15-22(26)25-19-10-8-18(9-11-19)24-20-5-3-4-17(14-20)23(27)28-2/h3-14,24H,15H2,1-2H3,(H,25,26). The van der Waals surface area contributed by atoms with Crippen molar-refractivity contribution in [3.05, 3.63) is 83.9 Å². The third-order valence-corrected chi connectivity index (χ3v) is 4.13. The molecule has 0 spiro atoms. The highest BCUT2D eigenvalue weighted by Gasteiger charge is 2.07. The molecule has 0 atom stereocenters. The molecule has 3 rings (SSSR count). The molecule has 29 heavy (non-hydrogen) atoms. The van der Waals surface area contributed by atoms with E-state index in [2.05, 4.69) is 10.6 Å². The second-order valence-corrected chi connectivity index (χ2v) is 6.42. The molecule has 0 saturated heterocycles. The summed E-state index contributed by atoms with van der Waals surface area (Å²) in [4.78, 5) is 23.7. The van der Waals surface area contributed by atoms with Crippen molar-refractivity contribution in [3.63, 3.8) is 0 Å². The Balaban J connectivity index is 1.54. The zero-order valence-electron chi connectivity index (χ0n) is 16.3. The number of benzene rings is 3. The summed E-state index contributed by atoms with van der Waals surface area (Å²) in [7, 11) is 1.35. The Morgan fingerprint density at radius 3 is 2.24 bits per heavy atom. The van der Waals surface area contributed by atoms with Crippen LogP contribution in [0, 0.1) is 6.92 Å². The van der Waals surface area contributed by atoms with E-state index in [1.54, 1.807) is 30.3 Å². The van der Waals surface area contributed by atoms with E-state index in [1.807, 2.05) is 49.4 Å². The molecule has 0 saturated carbocycles. The minimum Gasteiger partial charge on any atom is -0.484 e. The van der Waals surface area contributed by atoms with E-state index in [0.717, 1.165) is 16.9 Å². The van der Waals surface area contributed by atoms with E-state index < -0.39 is 0 Å². The molecule has 2 N–H and O–H groups in total. The minimum atomic E-state index is -0.389. The van der Waals surface area contributed by atoms with Crippen LogP contribution in [0.2, 0.25) is 0 Å². The maximum absolute atomic E-state index is 12.1. The molecule has 6 heteroatoms. The topological polar surface area (TPSA) is 76.7 Å². The predicted octanol–water partition coefficient (Wildman–Crippen LogP) is 4.54. The second-order valence-electron chi connectivity index (χ2n) is 6.42. The summed E-state index contributed by atoms with van der Waals surface area (Å²) in [5, 5.41) is 6.00. The zero-order chi connectivity index (χ0) is 20.6. The summed E-state index contributed by atoms with van der Waals surface area (Å²) in [6.45, 7) is 1.92. The number of rotatable bonds is 7. The molecule has 0 aliphatic heterocycles. The van der Waals surface area contributed by atoms with Crippen LogP contribution in [0.1, 0.15) is 15.9 Å². The molecule has 0 fully saturated rings. The van der Waals surface area contributed by atoms with Gasteiger partial charge in [-0.25, -0.2) is 4.79 Å². The number of amides is 1. The van der Waals surface area contributed by atoms with Crippen LogP contribution in [0.15, 0.2) is 72.8 Å². The quantitative estimate of drug-likeness (QED) is 0.579. The summed E-state index contributed by atoms with van der Waals surface area (Å²) in [5.41, 5.74) is 3.84. The third-order valence-electron chi connectivity index (χ3n) is 4.13. The molecule has 148 valence electrons. The van der Waals surface area contributed by atoms with Gasteiger partial charge in [-0.3, -0.25) is 4.79 Å². The number of anilines is 3. The Labute approximate surface area is 169 Å². The van der Waals surface area contributed by atoms with Gasteiger partial charge in [0.1, 0.15) is 5.75 Å². The maximum Gasteiger partial charge on any atom is 0.337 e. The van der Waals surface area contributed by atoms with Gasteiger partial charge in [-0.1, -0.05) is 23.8 Å². The van der Waals surface area contributed by atoms with Gasteiger partial charge in [0, 0.05) is 17.1 Å². The van der Waals surface area contributed by atoms with Crippen molar-refractivity contribution in [2.45, 2.75) is 6.92 Å². The molecule has 0 unspecified atom stereocenters. The van der Waals surface area contributed by atoms with E-state index in [9.17, 15) is 9.59 Å². The first-order valence-corrected chi connectivity index (χ1v) is 9.08. The number of ether oxygens (including phenoxy) is 2. The van der Waals surface area contributed by atoms with E-state index >= 15 is 0 Å². The summed E-state index contributed by atoms with van der Waals surface area (Å²) in [6, 6.07) is 21.8. The van der Waals surface area contributed by atoms with Crippen LogP contribution in [0.5, 0.6) is 5.75 Å². The lowest BCUT2D eigenvalue weighted by atomic mass is 10.2. The van der Waals surface area contributed by atoms with Crippen LogP contribution in [0.3, 0.4) is 0 Å². The average Bonchev–Trinajstić information content (AvgIpc) is 2.74. The molecule has 0 aromatic heterocycles. The van der Waals surface area contributed by atoms with Crippen molar-refractivity contribution in [1.29, 1.82) is 0 Å². The number of esters is 1. The number of nitrogens with one attached hydrogen (secondary N) is 2. The van der Waals surface area contributed by atoms with Crippen LogP contribution >= 0.6 is 0 Å². The number of aryl methyl sites for hydroxylation is 1. The minimum absolute atomic E-state index is 0.0661. The first kappa shape index (κ1) is 19.9. The van der Waals surface area contributed by atoms with Gasteiger partial charge in [-0.05, 0) is 61.5 Å². The molecule has 0 bridgehead atoms. The normalized spacial score (nSPS) is 10.1. The van der Waals surface area contributed by atoms with Crippen LogP contribution in [-0.2, 0) is 9.53 Å². The maximum atomic E-state index is 12.1. The van der Waals surface area contributed by atoms with Crippen molar-refractivity contribution in [2.24, 2.45) is 0 Å². The molecule has 0 heterocycles. The van der Waals surface area contributed by atoms with E-state index in [4.69, 9.17) is 9.47 Å². The van der Waals surface area contributed by atoms with E-state index in [-0.39, 0.29) is 18.5 Å². The van der Waals surface area contributed by atoms with Gasteiger partial charge in [0.25, 0.3) is 5.91 Å². The molecule has 0 radical (unpaired) electrons. The summed E-state index contributed by atoms with van der Waals surface area (Å²) < 4.78 is 10.2. The first-order chi connectivity index (χ1) is 14.0. The van der Waals surface area contributed by atoms with Crippen molar-refractivity contribution >= 4 is 28.9 Å². The molecule has 3 aromatic carbocycles. The van der Waals surface area contributed by atoms with Crippen LogP contribution < -0.4 is 15.4 Å². The Bertz CT molecular complexity index is 983. The summed E-state index contributed by atoms with van der Waals surface area (Å²) >= 11 is 0.